The normalized spacial score (nSPS) is 21.2. The number of ether oxygens (including phenoxy) is 1. The lowest BCUT2D eigenvalue weighted by Crippen LogP contribution is -2.37. The predicted octanol–water partition coefficient (Wildman–Crippen LogP) is 2.08. The molecule has 0 saturated carbocycles. The van der Waals surface area contributed by atoms with Gasteiger partial charge in [-0.2, -0.15) is 0 Å². The fourth-order valence-corrected chi connectivity index (χ4v) is 3.39. The lowest BCUT2D eigenvalue weighted by atomic mass is 9.85. The van der Waals surface area contributed by atoms with Gasteiger partial charge in [0.1, 0.15) is 6.54 Å². The molecule has 142 valence electrons. The number of carbonyl (C=O) groups excluding carboxylic acids is 4. The summed E-state index contributed by atoms with van der Waals surface area (Å²) in [7, 11) is 0. The number of carbonyl (C=O) groups is 4. The molecule has 0 bridgehead atoms. The molecule has 0 spiro atoms. The summed E-state index contributed by atoms with van der Waals surface area (Å²) in [6.45, 7) is 0.839. The van der Waals surface area contributed by atoms with Crippen molar-refractivity contribution in [3.05, 3.63) is 40.9 Å². The highest BCUT2D eigenvalue weighted by atomic mass is 35.5. The number of aryl methyl sites for hydroxylation is 1. The minimum atomic E-state index is -0.805. The summed E-state index contributed by atoms with van der Waals surface area (Å²) >= 11 is 5.99. The number of allylic oxidation sites excluding steroid dienone is 2. The average molecular weight is 391 g/mol. The fourth-order valence-electron chi connectivity index (χ4n) is 3.21. The number of esters is 1. The minimum absolute atomic E-state index is 0.356. The molecule has 1 N–H and O–H groups in total. The van der Waals surface area contributed by atoms with Crippen molar-refractivity contribution in [1.29, 1.82) is 0 Å². The summed E-state index contributed by atoms with van der Waals surface area (Å²) in [6, 6.07) is 5.02. The summed E-state index contributed by atoms with van der Waals surface area (Å²) in [5.41, 5.74) is 1.35. The van der Waals surface area contributed by atoms with Crippen LogP contribution >= 0.6 is 11.6 Å². The van der Waals surface area contributed by atoms with Crippen LogP contribution in [0.2, 0.25) is 5.02 Å². The van der Waals surface area contributed by atoms with Crippen molar-refractivity contribution in [2.75, 3.05) is 18.5 Å². The Balaban J connectivity index is 1.49. The molecule has 1 saturated heterocycles. The van der Waals surface area contributed by atoms with Gasteiger partial charge < -0.3 is 10.1 Å². The highest BCUT2D eigenvalue weighted by molar-refractivity contribution is 6.31. The van der Waals surface area contributed by atoms with Crippen LogP contribution in [0.1, 0.15) is 18.4 Å². The third-order valence-electron chi connectivity index (χ3n) is 4.71. The number of rotatable bonds is 5. The van der Waals surface area contributed by atoms with Crippen molar-refractivity contribution in [3.8, 4) is 0 Å². The maximum atomic E-state index is 12.3. The zero-order valence-corrected chi connectivity index (χ0v) is 15.5. The molecule has 1 heterocycles. The summed E-state index contributed by atoms with van der Waals surface area (Å²) in [5, 5.41) is 3.07. The monoisotopic (exact) mass is 390 g/mol. The van der Waals surface area contributed by atoms with Gasteiger partial charge in [-0.05, 0) is 37.5 Å². The first-order valence-corrected chi connectivity index (χ1v) is 8.96. The van der Waals surface area contributed by atoms with Crippen LogP contribution < -0.4 is 5.32 Å². The van der Waals surface area contributed by atoms with E-state index in [0.29, 0.717) is 23.6 Å². The number of nitrogens with one attached hydrogen (secondary N) is 1. The van der Waals surface area contributed by atoms with Gasteiger partial charge >= 0.3 is 5.97 Å². The lowest BCUT2D eigenvalue weighted by molar-refractivity contribution is -0.154. The molecule has 1 fully saturated rings. The molecule has 1 aromatic carbocycles. The number of fused-ring (bicyclic) bond motifs is 1. The molecule has 0 unspecified atom stereocenters. The van der Waals surface area contributed by atoms with Crippen LogP contribution in [0.3, 0.4) is 0 Å². The van der Waals surface area contributed by atoms with E-state index < -0.39 is 36.9 Å². The van der Waals surface area contributed by atoms with Gasteiger partial charge in [0.25, 0.3) is 5.91 Å². The Bertz CT molecular complexity index is 809. The van der Waals surface area contributed by atoms with E-state index in [1.165, 1.54) is 0 Å². The van der Waals surface area contributed by atoms with E-state index >= 15 is 0 Å². The molecular formula is C19H19ClN2O5. The van der Waals surface area contributed by atoms with Gasteiger partial charge in [-0.15, -0.1) is 0 Å². The summed E-state index contributed by atoms with van der Waals surface area (Å²) in [5.74, 6) is -2.86. The standard InChI is InChI=1S/C19H19ClN2O5/c1-11-6-7-12(8-15(11)20)21-16(23)10-27-17(24)9-22-18(25)13-4-2-3-5-14(13)19(22)26/h2-3,6-8,13-14H,4-5,9-10H2,1H3,(H,21,23)/t13-,14+. The number of hydrogen-bond donors (Lipinski definition) is 1. The van der Waals surface area contributed by atoms with Crippen molar-refractivity contribution < 1.29 is 23.9 Å². The zero-order valence-electron chi connectivity index (χ0n) is 14.7. The molecule has 27 heavy (non-hydrogen) atoms. The lowest BCUT2D eigenvalue weighted by Gasteiger charge is -2.14. The molecule has 2 aliphatic rings. The Morgan fingerprint density at radius 2 is 1.81 bits per heavy atom. The molecular weight excluding hydrogens is 372 g/mol. The van der Waals surface area contributed by atoms with Crippen molar-refractivity contribution in [2.45, 2.75) is 19.8 Å². The fraction of sp³-hybridized carbons (Fsp3) is 0.368. The zero-order chi connectivity index (χ0) is 19.6. The molecule has 1 aliphatic heterocycles. The summed E-state index contributed by atoms with van der Waals surface area (Å²) < 4.78 is 4.90. The van der Waals surface area contributed by atoms with Crippen molar-refractivity contribution in [2.24, 2.45) is 11.8 Å². The van der Waals surface area contributed by atoms with Crippen LogP contribution in [-0.2, 0) is 23.9 Å². The molecule has 0 radical (unpaired) electrons. The van der Waals surface area contributed by atoms with Crippen LogP contribution in [0, 0.1) is 18.8 Å². The highest BCUT2D eigenvalue weighted by Crippen LogP contribution is 2.34. The van der Waals surface area contributed by atoms with Gasteiger partial charge in [0.05, 0.1) is 11.8 Å². The van der Waals surface area contributed by atoms with Crippen molar-refractivity contribution in [1.82, 2.24) is 4.90 Å². The highest BCUT2D eigenvalue weighted by Gasteiger charge is 2.47. The molecule has 3 rings (SSSR count). The maximum absolute atomic E-state index is 12.3. The first kappa shape index (κ1) is 19.1. The number of amides is 3. The van der Waals surface area contributed by atoms with E-state index in [1.54, 1.807) is 18.2 Å². The molecule has 1 aromatic rings. The van der Waals surface area contributed by atoms with E-state index in [1.807, 2.05) is 19.1 Å². The molecule has 8 heteroatoms. The van der Waals surface area contributed by atoms with Crippen LogP contribution in [-0.4, -0.2) is 41.7 Å². The van der Waals surface area contributed by atoms with Crippen molar-refractivity contribution >= 4 is 41.0 Å². The Hall–Kier alpha value is -2.67. The Labute approximate surface area is 161 Å². The maximum Gasteiger partial charge on any atom is 0.326 e. The third-order valence-corrected chi connectivity index (χ3v) is 5.11. The number of anilines is 1. The quantitative estimate of drug-likeness (QED) is 0.472. The molecule has 3 amide bonds. The molecule has 2 atom stereocenters. The topological polar surface area (TPSA) is 92.8 Å². The molecule has 1 aliphatic carbocycles. The van der Waals surface area contributed by atoms with Gasteiger partial charge in [-0.25, -0.2) is 0 Å². The second-order valence-corrected chi connectivity index (χ2v) is 7.00. The number of halogens is 1. The summed E-state index contributed by atoms with van der Waals surface area (Å²) in [6.07, 6.45) is 4.75. The Morgan fingerprint density at radius 1 is 1.19 bits per heavy atom. The first-order chi connectivity index (χ1) is 12.9. The Morgan fingerprint density at radius 3 is 2.41 bits per heavy atom. The molecule has 0 aromatic heterocycles. The van der Waals surface area contributed by atoms with E-state index in [9.17, 15) is 19.2 Å². The number of likely N-dealkylation sites (tertiary alicyclic amines) is 1. The van der Waals surface area contributed by atoms with Gasteiger partial charge in [-0.3, -0.25) is 24.1 Å². The SMILES string of the molecule is Cc1ccc(NC(=O)COC(=O)CN2C(=O)[C@H]3CC=CC[C@H]3C2=O)cc1Cl. The van der Waals surface area contributed by atoms with Gasteiger partial charge in [0.15, 0.2) is 6.61 Å². The molecule has 7 nitrogen and oxygen atoms in total. The Kier molecular flexibility index (Phi) is 5.60. The second kappa shape index (κ2) is 7.92. The van der Waals surface area contributed by atoms with Crippen LogP contribution in [0.15, 0.2) is 30.4 Å². The van der Waals surface area contributed by atoms with Crippen LogP contribution in [0.5, 0.6) is 0 Å². The number of nitrogens with zero attached hydrogens (tertiary/aromatic N) is 1. The third kappa shape index (κ3) is 4.19. The number of imide groups is 1. The number of hydrogen-bond acceptors (Lipinski definition) is 5. The smallest absolute Gasteiger partial charge is 0.326 e. The number of benzene rings is 1. The second-order valence-electron chi connectivity index (χ2n) is 6.59. The van der Waals surface area contributed by atoms with Crippen molar-refractivity contribution in [3.63, 3.8) is 0 Å². The van der Waals surface area contributed by atoms with Crippen LogP contribution in [0.25, 0.3) is 0 Å². The largest absolute Gasteiger partial charge is 0.454 e. The van der Waals surface area contributed by atoms with E-state index in [-0.39, 0.29) is 11.8 Å². The van der Waals surface area contributed by atoms with Gasteiger partial charge in [0.2, 0.25) is 11.8 Å². The van der Waals surface area contributed by atoms with Gasteiger partial charge in [-0.1, -0.05) is 29.8 Å². The summed E-state index contributed by atoms with van der Waals surface area (Å²) in [4.78, 5) is 49.4. The predicted molar refractivity (Wildman–Crippen MR) is 97.9 cm³/mol. The van der Waals surface area contributed by atoms with Crippen LogP contribution in [0.4, 0.5) is 5.69 Å². The van der Waals surface area contributed by atoms with E-state index in [2.05, 4.69) is 5.32 Å². The van der Waals surface area contributed by atoms with E-state index in [4.69, 9.17) is 16.3 Å². The van der Waals surface area contributed by atoms with Gasteiger partial charge in [0, 0.05) is 10.7 Å². The first-order valence-electron chi connectivity index (χ1n) is 8.58. The van der Waals surface area contributed by atoms with E-state index in [0.717, 1.165) is 10.5 Å². The average Bonchev–Trinajstić information content (AvgIpc) is 2.88. The minimum Gasteiger partial charge on any atom is -0.454 e.